The van der Waals surface area contributed by atoms with Gasteiger partial charge in [0.05, 0.1) is 0 Å². The molecule has 1 heterocycles. The molecule has 1 aromatic heterocycles. The summed E-state index contributed by atoms with van der Waals surface area (Å²) in [6.45, 7) is 1.95. The second-order valence-electron chi connectivity index (χ2n) is 3.38. The van der Waals surface area contributed by atoms with Crippen LogP contribution >= 0.6 is 11.8 Å². The molecule has 1 aromatic rings. The lowest BCUT2D eigenvalue weighted by Crippen LogP contribution is -2.10. The lowest BCUT2D eigenvalue weighted by molar-refractivity contribution is 0.316. The van der Waals surface area contributed by atoms with Crippen LogP contribution in [0.4, 0.5) is 0 Å². The fraction of sp³-hybridized carbons (Fsp3) is 0.500. The van der Waals surface area contributed by atoms with Crippen molar-refractivity contribution in [2.45, 2.75) is 31.3 Å². The van der Waals surface area contributed by atoms with E-state index in [9.17, 15) is 0 Å². The smallest absolute Gasteiger partial charge is 0.187 e. The molecule has 0 amide bonds. The molecule has 0 fully saturated rings. The zero-order chi connectivity index (χ0) is 11.8. The van der Waals surface area contributed by atoms with Crippen molar-refractivity contribution < 1.29 is 5.21 Å². The summed E-state index contributed by atoms with van der Waals surface area (Å²) in [5.74, 6) is 1.24. The standard InChI is InChI=1S/C10H16N4OS/c1-8-5-6-12-10(13-8)16-7-3-2-4-9(11)14-15/h5-6,15H,2-4,7H2,1H3,(H2,11,14). The Bertz CT molecular complexity index is 356. The van der Waals surface area contributed by atoms with Crippen molar-refractivity contribution in [3.8, 4) is 0 Å². The molecule has 0 saturated carbocycles. The third kappa shape index (κ3) is 4.97. The van der Waals surface area contributed by atoms with Gasteiger partial charge in [-0.3, -0.25) is 0 Å². The van der Waals surface area contributed by atoms with Gasteiger partial charge in [0.1, 0.15) is 5.84 Å². The van der Waals surface area contributed by atoms with Crippen molar-refractivity contribution in [1.82, 2.24) is 9.97 Å². The molecule has 0 aromatic carbocycles. The van der Waals surface area contributed by atoms with E-state index in [0.29, 0.717) is 6.42 Å². The number of aryl methyl sites for hydroxylation is 1. The molecule has 0 radical (unpaired) electrons. The minimum Gasteiger partial charge on any atom is -0.409 e. The molecule has 0 aliphatic heterocycles. The van der Waals surface area contributed by atoms with Crippen LogP contribution in [0.5, 0.6) is 0 Å². The third-order valence-electron chi connectivity index (χ3n) is 1.96. The second-order valence-corrected chi connectivity index (χ2v) is 4.44. The first-order chi connectivity index (χ1) is 7.72. The van der Waals surface area contributed by atoms with Gasteiger partial charge in [-0.05, 0) is 25.8 Å². The van der Waals surface area contributed by atoms with E-state index < -0.39 is 0 Å². The quantitative estimate of drug-likeness (QED) is 0.151. The average molecular weight is 240 g/mol. The van der Waals surface area contributed by atoms with Crippen molar-refractivity contribution in [3.63, 3.8) is 0 Å². The van der Waals surface area contributed by atoms with E-state index in [4.69, 9.17) is 10.9 Å². The number of unbranched alkanes of at least 4 members (excludes halogenated alkanes) is 1. The van der Waals surface area contributed by atoms with Gasteiger partial charge in [0, 0.05) is 24.1 Å². The van der Waals surface area contributed by atoms with Crippen molar-refractivity contribution in [2.24, 2.45) is 10.9 Å². The number of nitrogens with zero attached hydrogens (tertiary/aromatic N) is 3. The van der Waals surface area contributed by atoms with Gasteiger partial charge in [-0.25, -0.2) is 9.97 Å². The highest BCUT2D eigenvalue weighted by Gasteiger charge is 1.98. The molecule has 16 heavy (non-hydrogen) atoms. The van der Waals surface area contributed by atoms with Crippen LogP contribution in [0.15, 0.2) is 22.6 Å². The minimum atomic E-state index is 0.289. The van der Waals surface area contributed by atoms with Gasteiger partial charge in [0.15, 0.2) is 5.16 Å². The van der Waals surface area contributed by atoms with Gasteiger partial charge in [-0.15, -0.1) is 0 Å². The molecular formula is C10H16N4OS. The van der Waals surface area contributed by atoms with Gasteiger partial charge in [0.25, 0.3) is 0 Å². The average Bonchev–Trinajstić information content (AvgIpc) is 2.28. The van der Waals surface area contributed by atoms with Crippen LogP contribution in [0.3, 0.4) is 0 Å². The Morgan fingerprint density at radius 3 is 3.06 bits per heavy atom. The summed E-state index contributed by atoms with van der Waals surface area (Å²) in [5.41, 5.74) is 6.34. The van der Waals surface area contributed by atoms with Crippen LogP contribution in [0.25, 0.3) is 0 Å². The molecule has 0 saturated heterocycles. The molecule has 0 aliphatic carbocycles. The lowest BCUT2D eigenvalue weighted by Gasteiger charge is -2.00. The molecule has 0 aliphatic rings. The topological polar surface area (TPSA) is 84.4 Å². The molecule has 0 spiro atoms. The second kappa shape index (κ2) is 7.05. The predicted octanol–water partition coefficient (Wildman–Crippen LogP) is 1.79. The van der Waals surface area contributed by atoms with E-state index in [0.717, 1.165) is 29.4 Å². The Labute approximate surface area is 99.2 Å². The number of nitrogens with two attached hydrogens (primary N) is 1. The first-order valence-corrected chi connectivity index (χ1v) is 6.10. The predicted molar refractivity (Wildman–Crippen MR) is 64.8 cm³/mol. The van der Waals surface area contributed by atoms with Crippen LogP contribution in [-0.2, 0) is 0 Å². The van der Waals surface area contributed by atoms with Crippen LogP contribution in [0.2, 0.25) is 0 Å². The summed E-state index contributed by atoms with van der Waals surface area (Å²) >= 11 is 1.63. The highest BCUT2D eigenvalue weighted by atomic mass is 32.2. The summed E-state index contributed by atoms with van der Waals surface area (Å²) in [6, 6.07) is 1.88. The van der Waals surface area contributed by atoms with Gasteiger partial charge in [-0.1, -0.05) is 16.9 Å². The summed E-state index contributed by atoms with van der Waals surface area (Å²) in [4.78, 5) is 8.44. The van der Waals surface area contributed by atoms with E-state index in [1.165, 1.54) is 0 Å². The van der Waals surface area contributed by atoms with E-state index in [2.05, 4.69) is 15.1 Å². The zero-order valence-corrected chi connectivity index (χ0v) is 10.1. The van der Waals surface area contributed by atoms with Crippen molar-refractivity contribution in [3.05, 3.63) is 18.0 Å². The Kier molecular flexibility index (Phi) is 5.63. The van der Waals surface area contributed by atoms with Gasteiger partial charge >= 0.3 is 0 Å². The molecule has 6 heteroatoms. The Balaban J connectivity index is 2.16. The minimum absolute atomic E-state index is 0.289. The number of amidine groups is 1. The Morgan fingerprint density at radius 1 is 1.56 bits per heavy atom. The maximum absolute atomic E-state index is 8.34. The molecule has 0 unspecified atom stereocenters. The summed E-state index contributed by atoms with van der Waals surface area (Å²) in [5, 5.41) is 12.1. The first kappa shape index (κ1) is 12.8. The molecule has 5 nitrogen and oxygen atoms in total. The highest BCUT2D eigenvalue weighted by Crippen LogP contribution is 2.14. The Hall–Kier alpha value is -1.30. The molecule has 1 rings (SSSR count). The third-order valence-corrected chi connectivity index (χ3v) is 2.91. The summed E-state index contributed by atoms with van der Waals surface area (Å²) in [7, 11) is 0. The number of hydrogen-bond acceptors (Lipinski definition) is 5. The van der Waals surface area contributed by atoms with Gasteiger partial charge in [-0.2, -0.15) is 0 Å². The number of rotatable bonds is 6. The van der Waals surface area contributed by atoms with E-state index in [1.807, 2.05) is 13.0 Å². The number of hydrogen-bond donors (Lipinski definition) is 2. The van der Waals surface area contributed by atoms with Crippen LogP contribution in [-0.4, -0.2) is 26.8 Å². The zero-order valence-electron chi connectivity index (χ0n) is 9.26. The maximum atomic E-state index is 8.34. The molecule has 3 N–H and O–H groups in total. The van der Waals surface area contributed by atoms with E-state index in [1.54, 1.807) is 18.0 Å². The highest BCUT2D eigenvalue weighted by molar-refractivity contribution is 7.99. The van der Waals surface area contributed by atoms with Crippen LogP contribution in [0.1, 0.15) is 25.0 Å². The van der Waals surface area contributed by atoms with E-state index >= 15 is 0 Å². The Morgan fingerprint density at radius 2 is 2.38 bits per heavy atom. The molecule has 88 valence electrons. The van der Waals surface area contributed by atoms with Gasteiger partial charge < -0.3 is 10.9 Å². The van der Waals surface area contributed by atoms with Crippen LogP contribution in [0, 0.1) is 6.92 Å². The number of thioether (sulfide) groups is 1. The summed E-state index contributed by atoms with van der Waals surface area (Å²) in [6.07, 6.45) is 4.31. The lowest BCUT2D eigenvalue weighted by atomic mass is 10.2. The molecular weight excluding hydrogens is 224 g/mol. The fourth-order valence-corrected chi connectivity index (χ4v) is 1.99. The maximum Gasteiger partial charge on any atom is 0.187 e. The molecule has 0 atom stereocenters. The van der Waals surface area contributed by atoms with Gasteiger partial charge in [0.2, 0.25) is 0 Å². The number of oxime groups is 1. The van der Waals surface area contributed by atoms with Crippen molar-refractivity contribution in [2.75, 3.05) is 5.75 Å². The molecule has 0 bridgehead atoms. The fourth-order valence-electron chi connectivity index (χ4n) is 1.12. The SMILES string of the molecule is Cc1ccnc(SCCCCC(N)=NO)n1. The van der Waals surface area contributed by atoms with Crippen molar-refractivity contribution in [1.29, 1.82) is 0 Å². The normalized spacial score (nSPS) is 11.7. The summed E-state index contributed by atoms with van der Waals surface area (Å²) < 4.78 is 0. The monoisotopic (exact) mass is 240 g/mol. The van der Waals surface area contributed by atoms with Crippen molar-refractivity contribution >= 4 is 17.6 Å². The number of aromatic nitrogens is 2. The largest absolute Gasteiger partial charge is 0.409 e. The van der Waals surface area contributed by atoms with Crippen LogP contribution < -0.4 is 5.73 Å². The first-order valence-electron chi connectivity index (χ1n) is 5.11. The van der Waals surface area contributed by atoms with E-state index in [-0.39, 0.29) is 5.84 Å².